The maximum Gasteiger partial charge on any atom is 0.0991 e. The lowest BCUT2D eigenvalue weighted by atomic mass is 9.80. The molecule has 0 saturated carbocycles. The smallest absolute Gasteiger partial charge is 0.0991 e. The fourth-order valence-electron chi connectivity index (χ4n) is 8.52. The molecule has 0 aliphatic heterocycles. The Morgan fingerprint density at radius 3 is 1.61 bits per heavy atom. The zero-order chi connectivity index (χ0) is 32.9. The van der Waals surface area contributed by atoms with Gasteiger partial charge in [0.25, 0.3) is 0 Å². The first-order valence-corrected chi connectivity index (χ1v) is 17.0. The van der Waals surface area contributed by atoms with Crippen LogP contribution in [0.4, 0.5) is 0 Å². The predicted octanol–water partition coefficient (Wildman–Crippen LogP) is 12.8. The van der Waals surface area contributed by atoms with E-state index in [4.69, 9.17) is 0 Å². The van der Waals surface area contributed by atoms with Gasteiger partial charge < -0.3 is 0 Å². The van der Waals surface area contributed by atoms with Gasteiger partial charge in [0.1, 0.15) is 0 Å². The van der Waals surface area contributed by atoms with Crippen LogP contribution in [-0.2, 0) is 5.41 Å². The molecule has 0 bridgehead atoms. The van der Waals surface area contributed by atoms with Gasteiger partial charge in [0.2, 0.25) is 0 Å². The van der Waals surface area contributed by atoms with E-state index in [2.05, 4.69) is 153 Å². The lowest BCUT2D eigenvalue weighted by Crippen LogP contribution is -2.15. The lowest BCUT2D eigenvalue weighted by molar-refractivity contribution is 0.661. The summed E-state index contributed by atoms with van der Waals surface area (Å²) in [5.41, 5.74) is 18.5. The average molecular weight is 622 g/mol. The predicted molar refractivity (Wildman–Crippen MR) is 204 cm³/mol. The summed E-state index contributed by atoms with van der Waals surface area (Å²) >= 11 is 0. The number of fused-ring (bicyclic) bond motifs is 7. The van der Waals surface area contributed by atoms with Crippen molar-refractivity contribution in [3.8, 4) is 72.8 Å². The molecule has 0 aromatic heterocycles. The Labute approximate surface area is 286 Å². The summed E-state index contributed by atoms with van der Waals surface area (Å²) in [6, 6.07) is 57.7. The highest BCUT2D eigenvalue weighted by atomic mass is 14.4. The number of nitrogens with zero attached hydrogens (tertiary/aromatic N) is 1. The largest absolute Gasteiger partial charge is 0.192 e. The molecule has 0 saturated heterocycles. The molecular formula is C48H31N. The summed E-state index contributed by atoms with van der Waals surface area (Å²) in [4.78, 5) is 0. The minimum absolute atomic E-state index is 0.133. The number of nitriles is 1. The SMILES string of the molecule is CC1(C)c2cc(-c3ccc4cc(-c5cccc(C#N)c5)ccc4c3)ccc2-c2ccc(-c3ccc4c5c(cccc35)-c3ccccc3-4)cc21. The van der Waals surface area contributed by atoms with Crippen LogP contribution in [0.1, 0.15) is 30.5 Å². The number of hydrogen-bond donors (Lipinski definition) is 0. The fraction of sp³-hybridized carbons (Fsp3) is 0.0625. The quantitative estimate of drug-likeness (QED) is 0.193. The second-order valence-corrected chi connectivity index (χ2v) is 14.0. The first-order chi connectivity index (χ1) is 24.0. The van der Waals surface area contributed by atoms with Crippen LogP contribution in [-0.4, -0.2) is 0 Å². The number of benzene rings is 8. The van der Waals surface area contributed by atoms with Gasteiger partial charge in [-0.1, -0.05) is 129 Å². The zero-order valence-corrected chi connectivity index (χ0v) is 27.4. The molecule has 8 aromatic rings. The number of rotatable bonds is 3. The Balaban J connectivity index is 1.02. The molecule has 0 unspecified atom stereocenters. The molecule has 0 spiro atoms. The van der Waals surface area contributed by atoms with E-state index in [-0.39, 0.29) is 5.41 Å². The monoisotopic (exact) mass is 621 g/mol. The third-order valence-corrected chi connectivity index (χ3v) is 11.0. The maximum absolute atomic E-state index is 9.35. The molecule has 2 aliphatic rings. The van der Waals surface area contributed by atoms with Gasteiger partial charge in [-0.15, -0.1) is 0 Å². The Kier molecular flexibility index (Phi) is 5.76. The molecule has 0 radical (unpaired) electrons. The lowest BCUT2D eigenvalue weighted by Gasteiger charge is -2.23. The van der Waals surface area contributed by atoms with Crippen molar-refractivity contribution in [1.82, 2.24) is 0 Å². The van der Waals surface area contributed by atoms with Crippen LogP contribution in [0.15, 0.2) is 152 Å². The van der Waals surface area contributed by atoms with Crippen molar-refractivity contribution in [1.29, 1.82) is 5.26 Å². The van der Waals surface area contributed by atoms with E-state index in [9.17, 15) is 5.26 Å². The summed E-state index contributed by atoms with van der Waals surface area (Å²) in [5, 5.41) is 14.4. The molecule has 0 amide bonds. The minimum Gasteiger partial charge on any atom is -0.192 e. The second kappa shape index (κ2) is 10.1. The molecule has 0 N–H and O–H groups in total. The third kappa shape index (κ3) is 4.05. The average Bonchev–Trinajstić information content (AvgIpc) is 3.60. The van der Waals surface area contributed by atoms with Crippen LogP contribution in [0.25, 0.3) is 88.3 Å². The number of hydrogen-bond acceptors (Lipinski definition) is 1. The second-order valence-electron chi connectivity index (χ2n) is 14.0. The normalized spacial score (nSPS) is 13.2. The molecule has 2 aliphatic carbocycles. The van der Waals surface area contributed by atoms with Crippen LogP contribution < -0.4 is 0 Å². The summed E-state index contributed by atoms with van der Waals surface area (Å²) < 4.78 is 0. The highest BCUT2D eigenvalue weighted by Gasteiger charge is 2.36. The zero-order valence-electron chi connectivity index (χ0n) is 27.4. The van der Waals surface area contributed by atoms with Crippen LogP contribution in [0.2, 0.25) is 0 Å². The highest BCUT2D eigenvalue weighted by Crippen LogP contribution is 2.53. The van der Waals surface area contributed by atoms with Gasteiger partial charge in [0.15, 0.2) is 0 Å². The van der Waals surface area contributed by atoms with E-state index in [0.717, 1.165) is 11.1 Å². The van der Waals surface area contributed by atoms with Crippen molar-refractivity contribution >= 4 is 21.5 Å². The molecule has 0 heterocycles. The van der Waals surface area contributed by atoms with E-state index in [0.29, 0.717) is 5.56 Å². The van der Waals surface area contributed by atoms with Gasteiger partial charge in [-0.3, -0.25) is 0 Å². The summed E-state index contributed by atoms with van der Waals surface area (Å²) in [6.07, 6.45) is 0. The fourth-order valence-corrected chi connectivity index (χ4v) is 8.52. The Morgan fingerprint density at radius 2 is 0.918 bits per heavy atom. The van der Waals surface area contributed by atoms with Gasteiger partial charge in [-0.25, -0.2) is 0 Å². The van der Waals surface area contributed by atoms with Crippen LogP contribution in [0.3, 0.4) is 0 Å². The molecule has 10 rings (SSSR count). The Bertz CT molecular complexity index is 2720. The maximum atomic E-state index is 9.35. The molecule has 0 fully saturated rings. The standard InChI is InChI=1S/C48H31N/c1-48(2)45-26-35(34-16-15-32-24-31(13-14-33(32)25-34)30-8-5-7-29(23-30)28-49)17-19-40(45)41-20-18-36(27-46(41)48)37-21-22-44-39-10-4-3-9-38(39)43-12-6-11-42(37)47(43)44/h3-27H,1-2H3. The molecule has 0 atom stereocenters. The third-order valence-electron chi connectivity index (χ3n) is 11.0. The van der Waals surface area contributed by atoms with Gasteiger partial charge >= 0.3 is 0 Å². The highest BCUT2D eigenvalue weighted by molar-refractivity contribution is 6.18. The van der Waals surface area contributed by atoms with Gasteiger partial charge in [-0.2, -0.15) is 5.26 Å². The summed E-state index contributed by atoms with van der Waals surface area (Å²) in [5.74, 6) is 0. The van der Waals surface area contributed by atoms with Gasteiger partial charge in [0.05, 0.1) is 11.6 Å². The van der Waals surface area contributed by atoms with E-state index in [1.165, 1.54) is 88.3 Å². The summed E-state index contributed by atoms with van der Waals surface area (Å²) in [6.45, 7) is 4.75. The molecule has 8 aromatic carbocycles. The molecule has 49 heavy (non-hydrogen) atoms. The van der Waals surface area contributed by atoms with Crippen LogP contribution in [0.5, 0.6) is 0 Å². The topological polar surface area (TPSA) is 23.8 Å². The Morgan fingerprint density at radius 1 is 0.408 bits per heavy atom. The van der Waals surface area contributed by atoms with Crippen molar-refractivity contribution in [2.45, 2.75) is 19.3 Å². The van der Waals surface area contributed by atoms with Crippen molar-refractivity contribution in [2.75, 3.05) is 0 Å². The molecule has 228 valence electrons. The van der Waals surface area contributed by atoms with Gasteiger partial charge in [-0.05, 0) is 136 Å². The minimum atomic E-state index is -0.133. The van der Waals surface area contributed by atoms with Crippen molar-refractivity contribution in [3.63, 3.8) is 0 Å². The van der Waals surface area contributed by atoms with Crippen LogP contribution >= 0.6 is 0 Å². The van der Waals surface area contributed by atoms with E-state index < -0.39 is 0 Å². The van der Waals surface area contributed by atoms with E-state index >= 15 is 0 Å². The molecule has 1 heteroatoms. The van der Waals surface area contributed by atoms with Gasteiger partial charge in [0, 0.05) is 5.41 Å². The first-order valence-electron chi connectivity index (χ1n) is 17.0. The van der Waals surface area contributed by atoms with E-state index in [1.54, 1.807) is 0 Å². The van der Waals surface area contributed by atoms with E-state index in [1.807, 2.05) is 18.2 Å². The van der Waals surface area contributed by atoms with Crippen molar-refractivity contribution < 1.29 is 0 Å². The molecule has 1 nitrogen and oxygen atoms in total. The van der Waals surface area contributed by atoms with Crippen molar-refractivity contribution in [3.05, 3.63) is 168 Å². The first kappa shape index (κ1) is 27.8. The van der Waals surface area contributed by atoms with Crippen molar-refractivity contribution in [2.24, 2.45) is 0 Å². The Hall–Kier alpha value is -6.23. The summed E-state index contributed by atoms with van der Waals surface area (Å²) in [7, 11) is 0. The molecular weight excluding hydrogens is 591 g/mol. The van der Waals surface area contributed by atoms with Crippen LogP contribution in [0, 0.1) is 11.3 Å².